The fourth-order valence-corrected chi connectivity index (χ4v) is 4.99. The summed E-state index contributed by atoms with van der Waals surface area (Å²) in [6.07, 6.45) is 3.93. The molecule has 0 saturated carbocycles. The second-order valence-electron chi connectivity index (χ2n) is 10.00. The molecule has 1 aromatic heterocycles. The number of benzene rings is 5. The molecule has 0 atom stereocenters. The van der Waals surface area contributed by atoms with E-state index in [0.717, 1.165) is 50.0 Å². The van der Waals surface area contributed by atoms with Crippen LogP contribution in [0.4, 0.5) is 0 Å². The highest BCUT2D eigenvalue weighted by Gasteiger charge is 2.13. The number of methoxy groups -OCH3 is 1. The first-order valence-corrected chi connectivity index (χ1v) is 13.5. The van der Waals surface area contributed by atoms with E-state index >= 15 is 0 Å². The molecule has 5 aromatic carbocycles. The molecule has 0 aliphatic heterocycles. The maximum absolute atomic E-state index is 13.8. The fraction of sp³-hybridized carbons (Fsp3) is 0.0811. The van der Waals surface area contributed by atoms with Gasteiger partial charge < -0.3 is 4.74 Å². The van der Waals surface area contributed by atoms with Crippen LogP contribution >= 0.6 is 0 Å². The molecule has 0 spiro atoms. The van der Waals surface area contributed by atoms with Crippen LogP contribution in [0.25, 0.3) is 39.5 Å². The highest BCUT2D eigenvalue weighted by atomic mass is 16.5. The molecule has 0 fully saturated rings. The summed E-state index contributed by atoms with van der Waals surface area (Å²) in [5, 5.41) is 2.80. The lowest BCUT2D eigenvalue weighted by molar-refractivity contribution is 0.415. The van der Waals surface area contributed by atoms with Gasteiger partial charge >= 0.3 is 0 Å². The Kier molecular flexibility index (Phi) is 6.93. The van der Waals surface area contributed by atoms with E-state index in [9.17, 15) is 4.79 Å². The van der Waals surface area contributed by atoms with Crippen molar-refractivity contribution in [1.29, 1.82) is 0 Å². The zero-order valence-corrected chi connectivity index (χ0v) is 23.2. The number of hydrogen-bond acceptors (Lipinski definition) is 3. The zero-order chi connectivity index (χ0) is 28.3. The van der Waals surface area contributed by atoms with E-state index in [1.54, 1.807) is 11.7 Å². The Morgan fingerprint density at radius 2 is 1.44 bits per heavy atom. The summed E-state index contributed by atoms with van der Waals surface area (Å²) in [4.78, 5) is 18.6. The molecule has 6 aromatic rings. The first kappa shape index (κ1) is 25.9. The highest BCUT2D eigenvalue weighted by molar-refractivity contribution is 5.85. The molecule has 0 bridgehead atoms. The highest BCUT2D eigenvalue weighted by Crippen LogP contribution is 2.23. The topological polar surface area (TPSA) is 44.1 Å². The smallest absolute Gasteiger partial charge is 0.266 e. The molecule has 4 nitrogen and oxygen atoms in total. The molecule has 0 aliphatic rings. The Labute approximate surface area is 239 Å². The minimum absolute atomic E-state index is 0.102. The van der Waals surface area contributed by atoms with Crippen LogP contribution in [-0.2, 0) is 0 Å². The molecule has 0 aliphatic carbocycles. The molecular weight excluding hydrogens is 504 g/mol. The van der Waals surface area contributed by atoms with Crippen molar-refractivity contribution in [2.45, 2.75) is 13.8 Å². The van der Waals surface area contributed by atoms with Gasteiger partial charge in [0, 0.05) is 11.1 Å². The van der Waals surface area contributed by atoms with Crippen molar-refractivity contribution in [2.75, 3.05) is 7.11 Å². The number of para-hydroxylation sites is 1. The largest absolute Gasteiger partial charge is 0.497 e. The summed E-state index contributed by atoms with van der Waals surface area (Å²) in [6, 6.07) is 33.7. The summed E-state index contributed by atoms with van der Waals surface area (Å²) in [5.74, 6) is 7.98. The molecule has 4 heteroatoms. The van der Waals surface area contributed by atoms with E-state index in [2.05, 4.69) is 43.0 Å². The number of nitrogens with zero attached hydrogens (tertiary/aromatic N) is 2. The number of aromatic nitrogens is 2. The summed E-state index contributed by atoms with van der Waals surface area (Å²) < 4.78 is 7.02. The van der Waals surface area contributed by atoms with Gasteiger partial charge in [-0.25, -0.2) is 4.98 Å². The molecule has 0 amide bonds. The minimum atomic E-state index is -0.102. The molecule has 0 saturated heterocycles. The normalized spacial score (nSPS) is 11.1. The summed E-state index contributed by atoms with van der Waals surface area (Å²) in [7, 11) is 1.67. The predicted octanol–water partition coefficient (Wildman–Crippen LogP) is 7.73. The third kappa shape index (κ3) is 5.26. The molecule has 0 N–H and O–H groups in total. The number of hydrogen-bond donors (Lipinski definition) is 0. The van der Waals surface area contributed by atoms with Crippen molar-refractivity contribution in [1.82, 2.24) is 9.55 Å². The van der Waals surface area contributed by atoms with Gasteiger partial charge in [-0.2, -0.15) is 0 Å². The van der Waals surface area contributed by atoms with Crippen LogP contribution in [0.3, 0.4) is 0 Å². The van der Waals surface area contributed by atoms with Crippen LogP contribution in [-0.4, -0.2) is 16.7 Å². The third-order valence-corrected chi connectivity index (χ3v) is 7.24. The van der Waals surface area contributed by atoms with Crippen molar-refractivity contribution >= 4 is 33.8 Å². The minimum Gasteiger partial charge on any atom is -0.497 e. The molecular formula is C37H28N2O2. The van der Waals surface area contributed by atoms with Crippen LogP contribution in [0.15, 0.2) is 108 Å². The van der Waals surface area contributed by atoms with Gasteiger partial charge in [0.1, 0.15) is 11.6 Å². The van der Waals surface area contributed by atoms with Crippen LogP contribution in [0.5, 0.6) is 5.75 Å². The lowest BCUT2D eigenvalue weighted by Crippen LogP contribution is -2.23. The van der Waals surface area contributed by atoms with Gasteiger partial charge in [0.25, 0.3) is 5.56 Å². The van der Waals surface area contributed by atoms with E-state index in [4.69, 9.17) is 9.72 Å². The van der Waals surface area contributed by atoms with E-state index < -0.39 is 0 Å². The van der Waals surface area contributed by atoms with Crippen LogP contribution in [0, 0.1) is 25.7 Å². The first-order chi connectivity index (χ1) is 20.0. The van der Waals surface area contributed by atoms with Gasteiger partial charge in [-0.05, 0) is 102 Å². The monoisotopic (exact) mass is 532 g/mol. The number of rotatable bonds is 4. The second-order valence-corrected chi connectivity index (χ2v) is 10.00. The summed E-state index contributed by atoms with van der Waals surface area (Å²) >= 11 is 0. The Morgan fingerprint density at radius 3 is 2.24 bits per heavy atom. The Morgan fingerprint density at radius 1 is 0.732 bits per heavy atom. The molecule has 198 valence electrons. The second kappa shape index (κ2) is 11.0. The van der Waals surface area contributed by atoms with E-state index in [-0.39, 0.29) is 5.56 Å². The Bertz CT molecular complexity index is 2090. The number of ether oxygens (including phenoxy) is 1. The van der Waals surface area contributed by atoms with Gasteiger partial charge in [0.05, 0.1) is 23.7 Å². The van der Waals surface area contributed by atoms with Crippen molar-refractivity contribution < 1.29 is 4.74 Å². The van der Waals surface area contributed by atoms with E-state index in [0.29, 0.717) is 16.7 Å². The predicted molar refractivity (Wildman–Crippen MR) is 169 cm³/mol. The van der Waals surface area contributed by atoms with Crippen molar-refractivity contribution in [3.05, 3.63) is 147 Å². The first-order valence-electron chi connectivity index (χ1n) is 13.5. The van der Waals surface area contributed by atoms with Gasteiger partial charge in [-0.3, -0.25) is 9.36 Å². The van der Waals surface area contributed by atoms with Gasteiger partial charge in [0.2, 0.25) is 0 Å². The Balaban J connectivity index is 1.39. The lowest BCUT2D eigenvalue weighted by atomic mass is 10.1. The fourth-order valence-electron chi connectivity index (χ4n) is 4.99. The SMILES string of the molecule is COc1ccc2cc(C#Cc3ccc(-n4c(C=Cc5ccccc5C)nc5ccccc5c4=O)c(C)c3)ccc2c1. The summed E-state index contributed by atoms with van der Waals surface area (Å²) in [6.45, 7) is 4.07. The molecule has 0 radical (unpaired) electrons. The molecule has 41 heavy (non-hydrogen) atoms. The third-order valence-electron chi connectivity index (χ3n) is 7.24. The molecule has 0 unspecified atom stereocenters. The van der Waals surface area contributed by atoms with Crippen molar-refractivity contribution in [3.8, 4) is 23.3 Å². The average Bonchev–Trinajstić information content (AvgIpc) is 3.00. The van der Waals surface area contributed by atoms with Gasteiger partial charge in [-0.15, -0.1) is 0 Å². The Hall–Kier alpha value is -5.40. The summed E-state index contributed by atoms with van der Waals surface area (Å²) in [5.41, 5.74) is 6.33. The van der Waals surface area contributed by atoms with Crippen molar-refractivity contribution in [3.63, 3.8) is 0 Å². The lowest BCUT2D eigenvalue weighted by Gasteiger charge is -2.14. The number of fused-ring (bicyclic) bond motifs is 2. The zero-order valence-electron chi connectivity index (χ0n) is 23.2. The van der Waals surface area contributed by atoms with Crippen LogP contribution < -0.4 is 10.3 Å². The van der Waals surface area contributed by atoms with E-state index in [1.165, 1.54) is 0 Å². The van der Waals surface area contributed by atoms with Gasteiger partial charge in [0.15, 0.2) is 0 Å². The maximum atomic E-state index is 13.8. The molecule has 1 heterocycles. The van der Waals surface area contributed by atoms with Crippen LogP contribution in [0.1, 0.15) is 33.6 Å². The maximum Gasteiger partial charge on any atom is 0.266 e. The molecule has 6 rings (SSSR count). The number of aryl methyl sites for hydroxylation is 2. The average molecular weight is 533 g/mol. The van der Waals surface area contributed by atoms with Gasteiger partial charge in [-0.1, -0.05) is 66.4 Å². The van der Waals surface area contributed by atoms with E-state index in [1.807, 2.05) is 97.9 Å². The van der Waals surface area contributed by atoms with Crippen molar-refractivity contribution in [2.24, 2.45) is 0 Å². The standard InChI is InChI=1S/C37H28N2O2/c1-25-8-4-5-9-29(25)18-21-36-38-34-11-7-6-10-33(34)37(40)39(36)35-20-15-27(22-26(35)2)12-13-28-14-16-31-24-32(41-3)19-17-30(31)23-28/h4-11,14-24H,1-3H3. The quantitative estimate of drug-likeness (QED) is 0.218. The van der Waals surface area contributed by atoms with Crippen LogP contribution in [0.2, 0.25) is 0 Å².